The number of aryl methyl sites for hydroxylation is 2. The summed E-state index contributed by atoms with van der Waals surface area (Å²) in [6.45, 7) is 5.49. The maximum absolute atomic E-state index is 5.76. The first-order valence-corrected chi connectivity index (χ1v) is 6.77. The molecule has 0 atom stereocenters. The monoisotopic (exact) mass is 271 g/mol. The lowest BCUT2D eigenvalue weighted by atomic mass is 10.1. The van der Waals surface area contributed by atoms with Gasteiger partial charge in [0.25, 0.3) is 0 Å². The first-order valence-electron chi connectivity index (χ1n) is 6.77. The van der Waals surface area contributed by atoms with Crippen LogP contribution in [-0.2, 0) is 0 Å². The molecule has 2 rings (SSSR count). The van der Waals surface area contributed by atoms with Crippen molar-refractivity contribution in [2.24, 2.45) is 0 Å². The highest BCUT2D eigenvalue weighted by atomic mass is 16.5. The highest BCUT2D eigenvalue weighted by molar-refractivity contribution is 5.56. The Balaban J connectivity index is 1.84. The molecule has 0 fully saturated rings. The fourth-order valence-electron chi connectivity index (χ4n) is 2.16. The molecule has 20 heavy (non-hydrogen) atoms. The molecular weight excluding hydrogens is 250 g/mol. The summed E-state index contributed by atoms with van der Waals surface area (Å²) >= 11 is 0. The summed E-state index contributed by atoms with van der Waals surface area (Å²) in [5.41, 5.74) is 3.43. The van der Waals surface area contributed by atoms with E-state index in [-0.39, 0.29) is 0 Å². The molecule has 0 radical (unpaired) electrons. The first-order chi connectivity index (χ1) is 9.69. The van der Waals surface area contributed by atoms with E-state index in [0.29, 0.717) is 6.61 Å². The molecule has 0 saturated carbocycles. The summed E-state index contributed by atoms with van der Waals surface area (Å²) in [5, 5.41) is 3.31. The van der Waals surface area contributed by atoms with E-state index in [1.54, 1.807) is 7.11 Å². The van der Waals surface area contributed by atoms with Gasteiger partial charge in [0, 0.05) is 6.54 Å². The van der Waals surface area contributed by atoms with Crippen LogP contribution in [0.25, 0.3) is 0 Å². The van der Waals surface area contributed by atoms with Gasteiger partial charge in [-0.2, -0.15) is 0 Å². The summed E-state index contributed by atoms with van der Waals surface area (Å²) in [7, 11) is 1.67. The average Bonchev–Trinajstić information content (AvgIpc) is 2.43. The minimum Gasteiger partial charge on any atom is -0.495 e. The number of nitrogens with one attached hydrogen (secondary N) is 1. The van der Waals surface area contributed by atoms with E-state index in [2.05, 4.69) is 37.4 Å². The van der Waals surface area contributed by atoms with E-state index in [1.807, 2.05) is 24.3 Å². The summed E-state index contributed by atoms with van der Waals surface area (Å²) in [5.74, 6) is 1.77. The van der Waals surface area contributed by atoms with Crippen molar-refractivity contribution in [1.82, 2.24) is 0 Å². The summed E-state index contributed by atoms with van der Waals surface area (Å²) in [4.78, 5) is 0. The molecule has 0 aliphatic heterocycles. The van der Waals surface area contributed by atoms with Gasteiger partial charge < -0.3 is 14.8 Å². The molecule has 106 valence electrons. The zero-order valence-electron chi connectivity index (χ0n) is 12.3. The fourth-order valence-corrected chi connectivity index (χ4v) is 2.16. The van der Waals surface area contributed by atoms with E-state index in [1.165, 1.54) is 11.1 Å². The Bertz CT molecular complexity index is 546. The summed E-state index contributed by atoms with van der Waals surface area (Å²) < 4.78 is 11.0. The van der Waals surface area contributed by atoms with Gasteiger partial charge in [0.1, 0.15) is 18.1 Å². The molecule has 1 N–H and O–H groups in total. The first kappa shape index (κ1) is 14.3. The number of anilines is 1. The second-order valence-corrected chi connectivity index (χ2v) is 4.80. The number of benzene rings is 2. The molecule has 0 bridgehead atoms. The minimum atomic E-state index is 0.612. The van der Waals surface area contributed by atoms with Gasteiger partial charge in [-0.25, -0.2) is 0 Å². The zero-order chi connectivity index (χ0) is 14.4. The predicted octanol–water partition coefficient (Wildman–Crippen LogP) is 3.80. The molecule has 0 heterocycles. The third-order valence-corrected chi connectivity index (χ3v) is 2.99. The Morgan fingerprint density at radius 3 is 2.40 bits per heavy atom. The highest BCUT2D eigenvalue weighted by Gasteiger charge is 2.01. The van der Waals surface area contributed by atoms with Gasteiger partial charge >= 0.3 is 0 Å². The van der Waals surface area contributed by atoms with Gasteiger partial charge in [0.2, 0.25) is 0 Å². The zero-order valence-corrected chi connectivity index (χ0v) is 12.3. The van der Waals surface area contributed by atoms with Gasteiger partial charge in [0.15, 0.2) is 0 Å². The number of hydrogen-bond donors (Lipinski definition) is 1. The van der Waals surface area contributed by atoms with Gasteiger partial charge in [0.05, 0.1) is 12.8 Å². The standard InChI is InChI=1S/C17H21NO2/c1-13-10-14(2)12-15(11-13)20-9-8-18-16-6-4-5-7-17(16)19-3/h4-7,10-12,18H,8-9H2,1-3H3. The lowest BCUT2D eigenvalue weighted by molar-refractivity contribution is 0.332. The molecule has 2 aromatic rings. The third-order valence-electron chi connectivity index (χ3n) is 2.99. The SMILES string of the molecule is COc1ccccc1NCCOc1cc(C)cc(C)c1. The van der Waals surface area contributed by atoms with E-state index in [0.717, 1.165) is 23.7 Å². The molecule has 3 heteroatoms. The molecular formula is C17H21NO2. The highest BCUT2D eigenvalue weighted by Crippen LogP contribution is 2.22. The van der Waals surface area contributed by atoms with Gasteiger partial charge in [-0.05, 0) is 49.2 Å². The topological polar surface area (TPSA) is 30.5 Å². The van der Waals surface area contributed by atoms with Crippen LogP contribution in [0.4, 0.5) is 5.69 Å². The fraction of sp³-hybridized carbons (Fsp3) is 0.294. The van der Waals surface area contributed by atoms with E-state index in [4.69, 9.17) is 9.47 Å². The average molecular weight is 271 g/mol. The molecule has 0 spiro atoms. The summed E-state index contributed by atoms with van der Waals surface area (Å²) in [6.07, 6.45) is 0. The van der Waals surface area contributed by atoms with Crippen molar-refractivity contribution >= 4 is 5.69 Å². The van der Waals surface area contributed by atoms with Crippen LogP contribution in [0.1, 0.15) is 11.1 Å². The van der Waals surface area contributed by atoms with E-state index >= 15 is 0 Å². The van der Waals surface area contributed by atoms with Crippen LogP contribution in [0.3, 0.4) is 0 Å². The Labute approximate surface area is 120 Å². The van der Waals surface area contributed by atoms with Crippen LogP contribution in [0.5, 0.6) is 11.5 Å². The molecule has 0 aromatic heterocycles. The van der Waals surface area contributed by atoms with Crippen molar-refractivity contribution in [3.63, 3.8) is 0 Å². The maximum Gasteiger partial charge on any atom is 0.141 e. The van der Waals surface area contributed by atoms with Crippen LogP contribution in [0.15, 0.2) is 42.5 Å². The van der Waals surface area contributed by atoms with Crippen molar-refractivity contribution in [1.29, 1.82) is 0 Å². The quantitative estimate of drug-likeness (QED) is 0.811. The lowest BCUT2D eigenvalue weighted by Crippen LogP contribution is -2.12. The van der Waals surface area contributed by atoms with E-state index < -0.39 is 0 Å². The van der Waals surface area contributed by atoms with E-state index in [9.17, 15) is 0 Å². The van der Waals surface area contributed by atoms with Crippen LogP contribution in [-0.4, -0.2) is 20.3 Å². The van der Waals surface area contributed by atoms with Crippen LogP contribution >= 0.6 is 0 Å². The lowest BCUT2D eigenvalue weighted by Gasteiger charge is -2.12. The van der Waals surface area contributed by atoms with Crippen molar-refractivity contribution in [2.45, 2.75) is 13.8 Å². The Morgan fingerprint density at radius 1 is 1.00 bits per heavy atom. The summed E-state index contributed by atoms with van der Waals surface area (Å²) in [6, 6.07) is 14.1. The van der Waals surface area contributed by atoms with Crippen molar-refractivity contribution in [3.8, 4) is 11.5 Å². The largest absolute Gasteiger partial charge is 0.495 e. The van der Waals surface area contributed by atoms with Gasteiger partial charge in [-0.3, -0.25) is 0 Å². The van der Waals surface area contributed by atoms with Crippen molar-refractivity contribution < 1.29 is 9.47 Å². The Hall–Kier alpha value is -2.16. The predicted molar refractivity (Wildman–Crippen MR) is 82.9 cm³/mol. The van der Waals surface area contributed by atoms with Gasteiger partial charge in [-0.1, -0.05) is 18.2 Å². The van der Waals surface area contributed by atoms with Gasteiger partial charge in [-0.15, -0.1) is 0 Å². The van der Waals surface area contributed by atoms with Crippen molar-refractivity contribution in [2.75, 3.05) is 25.6 Å². The number of ether oxygens (including phenoxy) is 2. The minimum absolute atomic E-state index is 0.612. The Morgan fingerprint density at radius 2 is 1.70 bits per heavy atom. The number of para-hydroxylation sites is 2. The van der Waals surface area contributed by atoms with Crippen molar-refractivity contribution in [3.05, 3.63) is 53.6 Å². The molecule has 2 aromatic carbocycles. The van der Waals surface area contributed by atoms with Crippen LogP contribution < -0.4 is 14.8 Å². The molecule has 0 unspecified atom stereocenters. The molecule has 0 aliphatic carbocycles. The van der Waals surface area contributed by atoms with Crippen LogP contribution in [0, 0.1) is 13.8 Å². The molecule has 0 aliphatic rings. The smallest absolute Gasteiger partial charge is 0.141 e. The number of methoxy groups -OCH3 is 1. The second-order valence-electron chi connectivity index (χ2n) is 4.80. The molecule has 0 amide bonds. The Kier molecular flexibility index (Phi) is 4.88. The normalized spacial score (nSPS) is 10.2. The molecule has 3 nitrogen and oxygen atoms in total. The van der Waals surface area contributed by atoms with Crippen LogP contribution in [0.2, 0.25) is 0 Å². The second kappa shape index (κ2) is 6.85. The maximum atomic E-state index is 5.76. The third kappa shape index (κ3) is 3.92. The number of rotatable bonds is 6. The molecule has 0 saturated heterocycles. The number of hydrogen-bond acceptors (Lipinski definition) is 3.